The molecule has 0 unspecified atom stereocenters. The molecule has 0 amide bonds. The zero-order valence-electron chi connectivity index (χ0n) is 29.8. The number of aryl methyl sites for hydroxylation is 1. The Morgan fingerprint density at radius 1 is 0.420 bits per heavy atom. The van der Waals surface area contributed by atoms with Gasteiger partial charge in [0.15, 0.2) is 0 Å². The Kier molecular flexibility index (Phi) is 33.2. The molecule has 0 heterocycles. The summed E-state index contributed by atoms with van der Waals surface area (Å²) in [5.74, 6) is 0. The molecule has 0 bridgehead atoms. The molecule has 0 saturated heterocycles. The predicted molar refractivity (Wildman–Crippen MR) is 184 cm³/mol. The van der Waals surface area contributed by atoms with E-state index >= 15 is 0 Å². The van der Waals surface area contributed by atoms with Crippen molar-refractivity contribution in [3.8, 4) is 0 Å². The molecular formula is C34H60O15S. The van der Waals surface area contributed by atoms with E-state index in [9.17, 15) is 8.42 Å². The minimum absolute atomic E-state index is 0.0612. The van der Waals surface area contributed by atoms with Gasteiger partial charge in [-0.25, -0.2) is 0 Å². The molecule has 0 N–H and O–H groups in total. The monoisotopic (exact) mass is 740 g/mol. The molecule has 0 aliphatic heterocycles. The van der Waals surface area contributed by atoms with Crippen molar-refractivity contribution < 1.29 is 69.4 Å². The van der Waals surface area contributed by atoms with E-state index in [1.54, 1.807) is 18.2 Å². The summed E-state index contributed by atoms with van der Waals surface area (Å²) in [5.41, 5.74) is 0.974. The third kappa shape index (κ3) is 31.2. The van der Waals surface area contributed by atoms with Crippen molar-refractivity contribution in [1.29, 1.82) is 0 Å². The van der Waals surface area contributed by atoms with Gasteiger partial charge in [-0.05, 0) is 19.1 Å². The fraction of sp³-hybridized carbons (Fsp3) is 0.765. The fourth-order valence-corrected chi connectivity index (χ4v) is 4.45. The van der Waals surface area contributed by atoms with Gasteiger partial charge in [0.05, 0.1) is 170 Å². The van der Waals surface area contributed by atoms with E-state index < -0.39 is 10.1 Å². The Morgan fingerprint density at radius 2 is 0.660 bits per heavy atom. The summed E-state index contributed by atoms with van der Waals surface area (Å²) < 4.78 is 94.1. The summed E-state index contributed by atoms with van der Waals surface area (Å²) in [6.45, 7) is 16.6. The normalized spacial score (nSPS) is 11.8. The van der Waals surface area contributed by atoms with Gasteiger partial charge in [-0.3, -0.25) is 4.18 Å². The zero-order chi connectivity index (χ0) is 36.1. The van der Waals surface area contributed by atoms with E-state index in [-0.39, 0.29) is 18.1 Å². The van der Waals surface area contributed by atoms with Crippen molar-refractivity contribution in [2.24, 2.45) is 0 Å². The largest absolute Gasteiger partial charge is 0.377 e. The number of ether oxygens (including phenoxy) is 12. The lowest BCUT2D eigenvalue weighted by atomic mass is 10.2. The number of hydrogen-bond acceptors (Lipinski definition) is 15. The van der Waals surface area contributed by atoms with E-state index in [0.717, 1.165) is 5.56 Å². The van der Waals surface area contributed by atoms with Gasteiger partial charge in [0.2, 0.25) is 0 Å². The van der Waals surface area contributed by atoms with Crippen molar-refractivity contribution in [2.75, 3.05) is 165 Å². The molecule has 16 heteroatoms. The lowest BCUT2D eigenvalue weighted by molar-refractivity contribution is -0.0283. The Bertz CT molecular complexity index is 966. The summed E-state index contributed by atoms with van der Waals surface area (Å²) in [6, 6.07) is 6.48. The molecule has 0 saturated carbocycles. The molecule has 1 aromatic carbocycles. The second kappa shape index (κ2) is 35.8. The lowest BCUT2D eigenvalue weighted by Crippen LogP contribution is -2.16. The first-order valence-corrected chi connectivity index (χ1v) is 18.5. The molecular weight excluding hydrogens is 680 g/mol. The van der Waals surface area contributed by atoms with Gasteiger partial charge in [0.25, 0.3) is 10.1 Å². The topological polar surface area (TPSA) is 154 Å². The highest BCUT2D eigenvalue weighted by Gasteiger charge is 2.14. The van der Waals surface area contributed by atoms with Crippen LogP contribution in [0.25, 0.3) is 0 Å². The Balaban J connectivity index is 1.66. The molecule has 0 aliphatic rings. The van der Waals surface area contributed by atoms with Crippen molar-refractivity contribution >= 4 is 10.1 Å². The van der Waals surface area contributed by atoms with Crippen molar-refractivity contribution in [2.45, 2.75) is 11.8 Å². The van der Waals surface area contributed by atoms with Crippen LogP contribution in [-0.2, 0) is 71.1 Å². The van der Waals surface area contributed by atoms with E-state index in [4.69, 9.17) is 61.0 Å². The maximum atomic E-state index is 12.1. The molecule has 0 atom stereocenters. The maximum absolute atomic E-state index is 12.1. The van der Waals surface area contributed by atoms with Gasteiger partial charge in [-0.2, -0.15) is 8.42 Å². The third-order valence-electron chi connectivity index (χ3n) is 6.10. The van der Waals surface area contributed by atoms with Crippen molar-refractivity contribution in [1.82, 2.24) is 0 Å². The molecule has 292 valence electrons. The van der Waals surface area contributed by atoms with Crippen molar-refractivity contribution in [3.05, 3.63) is 42.5 Å². The van der Waals surface area contributed by atoms with Crippen LogP contribution in [0.15, 0.2) is 41.8 Å². The van der Waals surface area contributed by atoms with Gasteiger partial charge in [0.1, 0.15) is 0 Å². The van der Waals surface area contributed by atoms with Gasteiger partial charge in [0, 0.05) is 0 Å². The fourth-order valence-electron chi connectivity index (χ4n) is 3.56. The summed E-state index contributed by atoms with van der Waals surface area (Å²) >= 11 is 0. The second-order valence-electron chi connectivity index (χ2n) is 10.2. The molecule has 1 aromatic rings. The smallest absolute Gasteiger partial charge is 0.297 e. The van der Waals surface area contributed by atoms with Gasteiger partial charge in [-0.15, -0.1) is 6.58 Å². The standard InChI is InChI=1S/C34H60O15S/c1-3-8-37-9-10-38-11-12-39-13-14-40-15-16-41-17-18-42-19-20-43-21-22-44-23-24-45-25-26-46-27-28-47-29-30-48-31-32-49-50(35,36)34-6-4-33(2)5-7-34/h3-7H,1,8-32H2,2H3. The molecule has 0 radical (unpaired) electrons. The Labute approximate surface area is 298 Å². The highest BCUT2D eigenvalue weighted by atomic mass is 32.2. The van der Waals surface area contributed by atoms with Crippen LogP contribution in [0.5, 0.6) is 0 Å². The minimum atomic E-state index is -3.78. The maximum Gasteiger partial charge on any atom is 0.297 e. The third-order valence-corrected chi connectivity index (χ3v) is 7.43. The second-order valence-corrected chi connectivity index (χ2v) is 11.8. The van der Waals surface area contributed by atoms with Crippen LogP contribution in [0.4, 0.5) is 0 Å². The quantitative estimate of drug-likeness (QED) is 0.0548. The molecule has 0 aromatic heterocycles. The number of hydrogen-bond donors (Lipinski definition) is 0. The summed E-state index contributed by atoms with van der Waals surface area (Å²) in [5, 5.41) is 0. The van der Waals surface area contributed by atoms with Crippen LogP contribution in [-0.4, -0.2) is 174 Å². The summed E-state index contributed by atoms with van der Waals surface area (Å²) in [7, 11) is -3.78. The van der Waals surface area contributed by atoms with Crippen molar-refractivity contribution in [3.63, 3.8) is 0 Å². The van der Waals surface area contributed by atoms with Crippen LogP contribution in [0.3, 0.4) is 0 Å². The van der Waals surface area contributed by atoms with Gasteiger partial charge in [-0.1, -0.05) is 23.8 Å². The summed E-state index contributed by atoms with van der Waals surface area (Å²) in [4.78, 5) is 0.127. The first kappa shape index (κ1) is 46.4. The molecule has 15 nitrogen and oxygen atoms in total. The first-order chi connectivity index (χ1) is 24.6. The van der Waals surface area contributed by atoms with Crippen LogP contribution >= 0.6 is 0 Å². The lowest BCUT2D eigenvalue weighted by Gasteiger charge is -2.09. The average molecular weight is 741 g/mol. The Hall–Kier alpha value is -1.61. The molecule has 1 rings (SSSR count). The van der Waals surface area contributed by atoms with Crippen LogP contribution in [0, 0.1) is 6.92 Å². The zero-order valence-corrected chi connectivity index (χ0v) is 30.6. The van der Waals surface area contributed by atoms with E-state index in [0.29, 0.717) is 152 Å². The molecule has 0 fully saturated rings. The molecule has 0 aliphatic carbocycles. The van der Waals surface area contributed by atoms with E-state index in [2.05, 4.69) is 6.58 Å². The predicted octanol–water partition coefficient (Wildman–Crippen LogP) is 2.09. The van der Waals surface area contributed by atoms with Gasteiger partial charge >= 0.3 is 0 Å². The minimum Gasteiger partial charge on any atom is -0.377 e. The number of benzene rings is 1. The first-order valence-electron chi connectivity index (χ1n) is 17.1. The Morgan fingerprint density at radius 3 is 0.920 bits per heavy atom. The molecule has 0 spiro atoms. The van der Waals surface area contributed by atoms with Crippen LogP contribution in [0.2, 0.25) is 0 Å². The summed E-state index contributed by atoms with van der Waals surface area (Å²) in [6.07, 6.45) is 1.71. The highest BCUT2D eigenvalue weighted by Crippen LogP contribution is 2.12. The highest BCUT2D eigenvalue weighted by molar-refractivity contribution is 7.86. The van der Waals surface area contributed by atoms with Gasteiger partial charge < -0.3 is 56.8 Å². The number of rotatable bonds is 40. The van der Waals surface area contributed by atoms with E-state index in [1.165, 1.54) is 12.1 Å². The SMILES string of the molecule is C=CCOCCOCCOCCOCCOCCOCCOCCOCCOCCOCCOCCOCCOS(=O)(=O)c1ccc(C)cc1. The van der Waals surface area contributed by atoms with E-state index in [1.807, 2.05) is 6.92 Å². The average Bonchev–Trinajstić information content (AvgIpc) is 3.11. The molecule has 50 heavy (non-hydrogen) atoms. The van der Waals surface area contributed by atoms with Crippen LogP contribution in [0.1, 0.15) is 5.56 Å². The van der Waals surface area contributed by atoms with Crippen LogP contribution < -0.4 is 0 Å².